The third kappa shape index (κ3) is 4.69. The fraction of sp³-hybridized carbons (Fsp3) is 0.300. The second-order valence-electron chi connectivity index (χ2n) is 6.16. The molecule has 2 aromatic carbocycles. The molecule has 3 rings (SSSR count). The van der Waals surface area contributed by atoms with E-state index in [4.69, 9.17) is 14.2 Å². The zero-order valence-electron chi connectivity index (χ0n) is 15.3. The van der Waals surface area contributed by atoms with Crippen molar-refractivity contribution >= 4 is 11.8 Å². The zero-order valence-corrected chi connectivity index (χ0v) is 15.3. The summed E-state index contributed by atoms with van der Waals surface area (Å²) in [5.41, 5.74) is 2.60. The molecule has 27 heavy (non-hydrogen) atoms. The van der Waals surface area contributed by atoms with E-state index in [1.54, 1.807) is 18.2 Å². The van der Waals surface area contributed by atoms with Gasteiger partial charge in [-0.3, -0.25) is 9.59 Å². The van der Waals surface area contributed by atoms with Crippen LogP contribution >= 0.6 is 0 Å². The minimum Gasteiger partial charge on any atom is -0.483 e. The summed E-state index contributed by atoms with van der Waals surface area (Å²) in [6.45, 7) is 4.66. The van der Waals surface area contributed by atoms with Crippen LogP contribution in [0.5, 0.6) is 17.2 Å². The van der Waals surface area contributed by atoms with E-state index in [-0.39, 0.29) is 25.2 Å². The molecule has 0 bridgehead atoms. The number of fused-ring (bicyclic) bond motifs is 1. The van der Waals surface area contributed by atoms with Gasteiger partial charge in [-0.1, -0.05) is 12.1 Å². The molecule has 2 N–H and O–H groups in total. The highest BCUT2D eigenvalue weighted by Crippen LogP contribution is 2.32. The average Bonchev–Trinajstić information content (AvgIpc) is 3.14. The van der Waals surface area contributed by atoms with E-state index in [0.717, 1.165) is 11.1 Å². The number of nitrogens with one attached hydrogen (secondary N) is 2. The Balaban J connectivity index is 1.37. The van der Waals surface area contributed by atoms with Gasteiger partial charge in [0, 0.05) is 18.7 Å². The largest absolute Gasteiger partial charge is 0.483 e. The molecular formula is C20H22N2O5. The lowest BCUT2D eigenvalue weighted by atomic mass is 10.1. The number of carbonyl (C=O) groups is 2. The van der Waals surface area contributed by atoms with Gasteiger partial charge in [-0.05, 0) is 49.2 Å². The Labute approximate surface area is 157 Å². The molecule has 2 amide bonds. The third-order valence-corrected chi connectivity index (χ3v) is 4.28. The van der Waals surface area contributed by atoms with Gasteiger partial charge in [0.1, 0.15) is 5.75 Å². The van der Waals surface area contributed by atoms with Gasteiger partial charge in [-0.2, -0.15) is 0 Å². The normalized spacial score (nSPS) is 11.8. The maximum Gasteiger partial charge on any atom is 0.258 e. The Morgan fingerprint density at radius 3 is 2.67 bits per heavy atom. The van der Waals surface area contributed by atoms with Crippen LogP contribution in [-0.2, 0) is 4.79 Å². The maximum absolute atomic E-state index is 12.1. The lowest BCUT2D eigenvalue weighted by Gasteiger charge is -2.11. The highest BCUT2D eigenvalue weighted by Gasteiger charge is 2.16. The summed E-state index contributed by atoms with van der Waals surface area (Å²) >= 11 is 0. The number of ether oxygens (including phenoxy) is 3. The van der Waals surface area contributed by atoms with Gasteiger partial charge in [-0.25, -0.2) is 0 Å². The van der Waals surface area contributed by atoms with Crippen molar-refractivity contribution in [3.8, 4) is 17.2 Å². The van der Waals surface area contributed by atoms with E-state index in [1.165, 1.54) is 0 Å². The molecule has 2 aromatic rings. The molecule has 1 aliphatic heterocycles. The molecule has 7 nitrogen and oxygen atoms in total. The Bertz CT molecular complexity index is 850. The molecule has 0 radical (unpaired) electrons. The van der Waals surface area contributed by atoms with Gasteiger partial charge in [0.15, 0.2) is 18.1 Å². The van der Waals surface area contributed by atoms with Crippen LogP contribution in [0.4, 0.5) is 0 Å². The van der Waals surface area contributed by atoms with Crippen molar-refractivity contribution in [1.82, 2.24) is 10.6 Å². The Hall–Kier alpha value is -3.22. The number of benzene rings is 2. The Morgan fingerprint density at radius 1 is 1.04 bits per heavy atom. The summed E-state index contributed by atoms with van der Waals surface area (Å²) in [7, 11) is 0. The van der Waals surface area contributed by atoms with Crippen LogP contribution in [0.3, 0.4) is 0 Å². The molecule has 0 spiro atoms. The molecule has 0 aliphatic carbocycles. The molecule has 1 heterocycles. The molecule has 0 atom stereocenters. The van der Waals surface area contributed by atoms with Crippen LogP contribution in [-0.4, -0.2) is 38.3 Å². The van der Waals surface area contributed by atoms with Gasteiger partial charge in [0.25, 0.3) is 11.8 Å². The standard InChI is InChI=1S/C20H22N2O5/c1-13-4-3-5-16(14(13)2)25-11-19(23)21-8-9-22-20(24)15-6-7-17-18(10-15)27-12-26-17/h3-7,10H,8-9,11-12H2,1-2H3,(H,21,23)(H,22,24). The van der Waals surface area contributed by atoms with E-state index < -0.39 is 0 Å². The monoisotopic (exact) mass is 370 g/mol. The van der Waals surface area contributed by atoms with E-state index in [0.29, 0.717) is 35.9 Å². The summed E-state index contributed by atoms with van der Waals surface area (Å²) in [6, 6.07) is 10.7. The number of hydrogen-bond acceptors (Lipinski definition) is 5. The molecular weight excluding hydrogens is 348 g/mol. The van der Waals surface area contributed by atoms with E-state index in [1.807, 2.05) is 32.0 Å². The predicted molar refractivity (Wildman–Crippen MR) is 99.3 cm³/mol. The second-order valence-corrected chi connectivity index (χ2v) is 6.16. The minimum absolute atomic E-state index is 0.0690. The van der Waals surface area contributed by atoms with Crippen LogP contribution in [0, 0.1) is 13.8 Å². The van der Waals surface area contributed by atoms with Crippen LogP contribution in [0.1, 0.15) is 21.5 Å². The molecule has 0 unspecified atom stereocenters. The molecule has 7 heteroatoms. The molecule has 0 aromatic heterocycles. The van der Waals surface area contributed by atoms with Gasteiger partial charge in [0.05, 0.1) is 0 Å². The van der Waals surface area contributed by atoms with Crippen molar-refractivity contribution in [2.75, 3.05) is 26.5 Å². The Kier molecular flexibility index (Phi) is 5.80. The van der Waals surface area contributed by atoms with E-state index >= 15 is 0 Å². The zero-order chi connectivity index (χ0) is 19.2. The van der Waals surface area contributed by atoms with Crippen molar-refractivity contribution in [1.29, 1.82) is 0 Å². The molecule has 0 fully saturated rings. The molecule has 142 valence electrons. The number of amides is 2. The van der Waals surface area contributed by atoms with Crippen molar-refractivity contribution < 1.29 is 23.8 Å². The number of hydrogen-bond donors (Lipinski definition) is 2. The average molecular weight is 370 g/mol. The Morgan fingerprint density at radius 2 is 1.81 bits per heavy atom. The minimum atomic E-state index is -0.242. The van der Waals surface area contributed by atoms with Crippen molar-refractivity contribution in [3.63, 3.8) is 0 Å². The number of aryl methyl sites for hydroxylation is 1. The first-order chi connectivity index (χ1) is 13.0. The molecule has 1 aliphatic rings. The first-order valence-corrected chi connectivity index (χ1v) is 8.68. The summed E-state index contributed by atoms with van der Waals surface area (Å²) in [4.78, 5) is 24.0. The summed E-state index contributed by atoms with van der Waals surface area (Å²) in [5, 5.41) is 5.46. The van der Waals surface area contributed by atoms with Crippen molar-refractivity contribution in [2.45, 2.75) is 13.8 Å². The first kappa shape index (κ1) is 18.6. The topological polar surface area (TPSA) is 85.9 Å². The number of carbonyl (C=O) groups excluding carboxylic acids is 2. The lowest BCUT2D eigenvalue weighted by Crippen LogP contribution is -2.36. The van der Waals surface area contributed by atoms with Gasteiger partial charge in [0.2, 0.25) is 6.79 Å². The number of rotatable bonds is 7. The summed E-state index contributed by atoms with van der Waals surface area (Å²) in [6.07, 6.45) is 0. The van der Waals surface area contributed by atoms with Gasteiger partial charge < -0.3 is 24.8 Å². The predicted octanol–water partition coefficient (Wildman–Crippen LogP) is 1.96. The van der Waals surface area contributed by atoms with E-state index in [9.17, 15) is 9.59 Å². The second kappa shape index (κ2) is 8.44. The smallest absolute Gasteiger partial charge is 0.258 e. The first-order valence-electron chi connectivity index (χ1n) is 8.68. The van der Waals surface area contributed by atoms with Crippen LogP contribution in [0.25, 0.3) is 0 Å². The lowest BCUT2D eigenvalue weighted by molar-refractivity contribution is -0.123. The SMILES string of the molecule is Cc1cccc(OCC(=O)NCCNC(=O)c2ccc3c(c2)OCO3)c1C. The molecule has 0 saturated heterocycles. The highest BCUT2D eigenvalue weighted by molar-refractivity contribution is 5.95. The third-order valence-electron chi connectivity index (χ3n) is 4.28. The van der Waals surface area contributed by atoms with Crippen LogP contribution in [0.2, 0.25) is 0 Å². The maximum atomic E-state index is 12.1. The fourth-order valence-electron chi connectivity index (χ4n) is 2.59. The fourth-order valence-corrected chi connectivity index (χ4v) is 2.59. The van der Waals surface area contributed by atoms with Crippen LogP contribution in [0.15, 0.2) is 36.4 Å². The van der Waals surface area contributed by atoms with Crippen molar-refractivity contribution in [3.05, 3.63) is 53.1 Å². The van der Waals surface area contributed by atoms with Crippen molar-refractivity contribution in [2.24, 2.45) is 0 Å². The summed E-state index contributed by atoms with van der Waals surface area (Å²) in [5.74, 6) is 1.39. The highest BCUT2D eigenvalue weighted by atomic mass is 16.7. The quantitative estimate of drug-likeness (QED) is 0.728. The van der Waals surface area contributed by atoms with E-state index in [2.05, 4.69) is 10.6 Å². The van der Waals surface area contributed by atoms with Crippen LogP contribution < -0.4 is 24.8 Å². The summed E-state index contributed by atoms with van der Waals surface area (Å²) < 4.78 is 16.0. The van der Waals surface area contributed by atoms with Gasteiger partial charge in [-0.15, -0.1) is 0 Å². The van der Waals surface area contributed by atoms with Gasteiger partial charge >= 0.3 is 0 Å². The molecule has 0 saturated carbocycles.